The van der Waals surface area contributed by atoms with Gasteiger partial charge < -0.3 is 10.0 Å². The summed E-state index contributed by atoms with van der Waals surface area (Å²) in [6.45, 7) is 4.32. The molecule has 1 aliphatic heterocycles. The number of rotatable bonds is 5. The number of aliphatic hydroxyl groups is 1. The number of likely N-dealkylation sites (N-methyl/N-ethyl adjacent to an activating group) is 1. The van der Waals surface area contributed by atoms with E-state index in [4.69, 9.17) is 0 Å². The van der Waals surface area contributed by atoms with Crippen molar-refractivity contribution in [3.8, 4) is 0 Å². The van der Waals surface area contributed by atoms with Crippen molar-refractivity contribution in [1.82, 2.24) is 9.80 Å². The Balaban J connectivity index is 2.04. The fraction of sp³-hybridized carbons (Fsp3) is 0.625. The quantitative estimate of drug-likeness (QED) is 0.880. The van der Waals surface area contributed by atoms with E-state index in [9.17, 15) is 5.11 Å². The Morgan fingerprint density at radius 3 is 2.63 bits per heavy atom. The molecule has 1 aromatic rings. The maximum absolute atomic E-state index is 10.5. The molecule has 19 heavy (non-hydrogen) atoms. The van der Waals surface area contributed by atoms with E-state index in [0.717, 1.165) is 18.7 Å². The number of nitrogens with zero attached hydrogens (tertiary/aromatic N) is 2. The Morgan fingerprint density at radius 2 is 2.00 bits per heavy atom. The zero-order chi connectivity index (χ0) is 13.8. The van der Waals surface area contributed by atoms with Crippen LogP contribution in [0.3, 0.4) is 0 Å². The van der Waals surface area contributed by atoms with Gasteiger partial charge in [-0.25, -0.2) is 0 Å². The van der Waals surface area contributed by atoms with Crippen LogP contribution < -0.4 is 0 Å². The molecule has 3 unspecified atom stereocenters. The van der Waals surface area contributed by atoms with E-state index in [2.05, 4.69) is 30.8 Å². The molecular formula is C16H26N2O. The van der Waals surface area contributed by atoms with Crippen molar-refractivity contribution in [2.45, 2.75) is 38.0 Å². The smallest absolute Gasteiger partial charge is 0.0942 e. The summed E-state index contributed by atoms with van der Waals surface area (Å²) in [6, 6.07) is 10.7. The first-order valence-electron chi connectivity index (χ1n) is 7.23. The van der Waals surface area contributed by atoms with Gasteiger partial charge in [0.1, 0.15) is 0 Å². The minimum atomic E-state index is -0.399. The molecule has 0 saturated carbocycles. The van der Waals surface area contributed by atoms with Crippen LogP contribution in [-0.4, -0.2) is 54.2 Å². The number of benzene rings is 1. The van der Waals surface area contributed by atoms with E-state index in [0.29, 0.717) is 6.04 Å². The molecule has 1 heterocycles. The van der Waals surface area contributed by atoms with E-state index in [1.807, 2.05) is 30.3 Å². The van der Waals surface area contributed by atoms with Crippen molar-refractivity contribution in [1.29, 1.82) is 0 Å². The summed E-state index contributed by atoms with van der Waals surface area (Å²) in [5.41, 5.74) is 1.02. The Labute approximate surface area is 116 Å². The third-order valence-electron chi connectivity index (χ3n) is 4.12. The first kappa shape index (κ1) is 14.5. The summed E-state index contributed by atoms with van der Waals surface area (Å²) in [5, 5.41) is 10.5. The third-order valence-corrected chi connectivity index (χ3v) is 4.12. The maximum atomic E-state index is 10.5. The minimum Gasteiger partial charge on any atom is -0.387 e. The van der Waals surface area contributed by atoms with Gasteiger partial charge in [-0.1, -0.05) is 30.3 Å². The summed E-state index contributed by atoms with van der Waals surface area (Å²) in [4.78, 5) is 4.71. The fourth-order valence-electron chi connectivity index (χ4n) is 3.12. The van der Waals surface area contributed by atoms with Crippen molar-refractivity contribution in [2.75, 3.05) is 27.2 Å². The molecule has 2 rings (SSSR count). The Morgan fingerprint density at radius 1 is 1.32 bits per heavy atom. The molecule has 3 heteroatoms. The van der Waals surface area contributed by atoms with Gasteiger partial charge in [0.05, 0.1) is 6.10 Å². The number of aliphatic hydroxyl groups excluding tert-OH is 1. The van der Waals surface area contributed by atoms with E-state index in [-0.39, 0.29) is 6.04 Å². The van der Waals surface area contributed by atoms with Crippen molar-refractivity contribution in [2.24, 2.45) is 0 Å². The van der Waals surface area contributed by atoms with Crippen LogP contribution in [0.4, 0.5) is 0 Å². The summed E-state index contributed by atoms with van der Waals surface area (Å²) in [5.74, 6) is 0. The summed E-state index contributed by atoms with van der Waals surface area (Å²) >= 11 is 0. The molecule has 0 aromatic heterocycles. The van der Waals surface area contributed by atoms with Gasteiger partial charge in [0.15, 0.2) is 0 Å². The monoisotopic (exact) mass is 262 g/mol. The molecule has 0 spiro atoms. The number of likely N-dealkylation sites (tertiary alicyclic amines) is 1. The molecule has 3 nitrogen and oxygen atoms in total. The van der Waals surface area contributed by atoms with Gasteiger partial charge in [0, 0.05) is 18.6 Å². The predicted molar refractivity (Wildman–Crippen MR) is 79.1 cm³/mol. The normalized spacial score (nSPS) is 23.7. The molecule has 1 aliphatic rings. The van der Waals surface area contributed by atoms with Gasteiger partial charge >= 0.3 is 0 Å². The van der Waals surface area contributed by atoms with Gasteiger partial charge in [0.25, 0.3) is 0 Å². The Hall–Kier alpha value is -0.900. The van der Waals surface area contributed by atoms with Crippen LogP contribution in [0.2, 0.25) is 0 Å². The van der Waals surface area contributed by atoms with Crippen molar-refractivity contribution >= 4 is 0 Å². The molecule has 3 atom stereocenters. The molecule has 0 aliphatic carbocycles. The molecule has 1 saturated heterocycles. The zero-order valence-corrected chi connectivity index (χ0v) is 12.3. The summed E-state index contributed by atoms with van der Waals surface area (Å²) in [7, 11) is 4.24. The molecule has 1 aromatic carbocycles. The summed E-state index contributed by atoms with van der Waals surface area (Å²) in [6.07, 6.45) is 2.08. The van der Waals surface area contributed by atoms with E-state index >= 15 is 0 Å². The van der Waals surface area contributed by atoms with Crippen LogP contribution in [0.1, 0.15) is 31.4 Å². The van der Waals surface area contributed by atoms with Crippen LogP contribution in [-0.2, 0) is 0 Å². The van der Waals surface area contributed by atoms with Crippen LogP contribution in [0.15, 0.2) is 30.3 Å². The van der Waals surface area contributed by atoms with Crippen LogP contribution in [0, 0.1) is 0 Å². The fourth-order valence-corrected chi connectivity index (χ4v) is 3.12. The lowest BCUT2D eigenvalue weighted by atomic mass is 10.0. The lowest BCUT2D eigenvalue weighted by Gasteiger charge is -2.35. The molecule has 0 radical (unpaired) electrons. The van der Waals surface area contributed by atoms with Crippen molar-refractivity contribution in [3.63, 3.8) is 0 Å². The van der Waals surface area contributed by atoms with Crippen molar-refractivity contribution < 1.29 is 5.11 Å². The standard InChI is InChI=1S/C16H26N2O/c1-13(16(19)14-8-5-4-6-9-14)18-11-7-10-15(18)12-17(2)3/h4-6,8-9,13,15-16,19H,7,10-12H2,1-3H3. The van der Waals surface area contributed by atoms with E-state index in [1.165, 1.54) is 12.8 Å². The predicted octanol–water partition coefficient (Wildman–Crippen LogP) is 2.13. The first-order chi connectivity index (χ1) is 9.09. The van der Waals surface area contributed by atoms with Gasteiger partial charge in [-0.3, -0.25) is 4.90 Å². The zero-order valence-electron chi connectivity index (χ0n) is 12.3. The van der Waals surface area contributed by atoms with Crippen LogP contribution >= 0.6 is 0 Å². The lowest BCUT2D eigenvalue weighted by molar-refractivity contribution is 0.0445. The van der Waals surface area contributed by atoms with Crippen LogP contribution in [0.5, 0.6) is 0 Å². The average molecular weight is 262 g/mol. The topological polar surface area (TPSA) is 26.7 Å². The minimum absolute atomic E-state index is 0.176. The van der Waals surface area contributed by atoms with Gasteiger partial charge in [-0.15, -0.1) is 0 Å². The lowest BCUT2D eigenvalue weighted by Crippen LogP contribution is -2.45. The molecule has 0 bridgehead atoms. The average Bonchev–Trinajstić information content (AvgIpc) is 2.85. The first-order valence-corrected chi connectivity index (χ1v) is 7.23. The highest BCUT2D eigenvalue weighted by atomic mass is 16.3. The third kappa shape index (κ3) is 3.56. The van der Waals surface area contributed by atoms with Gasteiger partial charge in [-0.2, -0.15) is 0 Å². The summed E-state index contributed by atoms with van der Waals surface area (Å²) < 4.78 is 0. The van der Waals surface area contributed by atoms with Crippen LogP contribution in [0.25, 0.3) is 0 Å². The molecule has 0 amide bonds. The highest BCUT2D eigenvalue weighted by Gasteiger charge is 2.32. The second-order valence-corrected chi connectivity index (χ2v) is 5.89. The van der Waals surface area contributed by atoms with Crippen molar-refractivity contribution in [3.05, 3.63) is 35.9 Å². The molecular weight excluding hydrogens is 236 g/mol. The largest absolute Gasteiger partial charge is 0.387 e. The maximum Gasteiger partial charge on any atom is 0.0942 e. The van der Waals surface area contributed by atoms with E-state index in [1.54, 1.807) is 0 Å². The number of hydrogen-bond donors (Lipinski definition) is 1. The van der Waals surface area contributed by atoms with Gasteiger partial charge in [0.2, 0.25) is 0 Å². The highest BCUT2D eigenvalue weighted by Crippen LogP contribution is 2.27. The molecule has 106 valence electrons. The Bertz CT molecular complexity index is 380. The Kier molecular flexibility index (Phi) is 4.97. The molecule has 1 N–H and O–H groups in total. The SMILES string of the molecule is CC(C(O)c1ccccc1)N1CCCC1CN(C)C. The molecule has 1 fully saturated rings. The van der Waals surface area contributed by atoms with E-state index < -0.39 is 6.10 Å². The second-order valence-electron chi connectivity index (χ2n) is 5.89. The van der Waals surface area contributed by atoms with Gasteiger partial charge in [-0.05, 0) is 46.0 Å². The second kappa shape index (κ2) is 6.51. The highest BCUT2D eigenvalue weighted by molar-refractivity contribution is 5.18. The number of hydrogen-bond acceptors (Lipinski definition) is 3.